The first-order valence-electron chi connectivity index (χ1n) is 7.01. The second-order valence-electron chi connectivity index (χ2n) is 4.76. The molecule has 5 nitrogen and oxygen atoms in total. The lowest BCUT2D eigenvalue weighted by Crippen LogP contribution is -2.31. The second kappa shape index (κ2) is 8.30. The van der Waals surface area contributed by atoms with Gasteiger partial charge in [0.15, 0.2) is 11.5 Å². The Labute approximate surface area is 120 Å². The van der Waals surface area contributed by atoms with Crippen molar-refractivity contribution < 1.29 is 14.3 Å². The number of rotatable bonds is 7. The molecule has 0 aliphatic carbocycles. The van der Waals surface area contributed by atoms with E-state index in [2.05, 4.69) is 10.6 Å². The first-order valence-corrected chi connectivity index (χ1v) is 7.01. The standard InChI is InChI=1S/C15H24N2O3/c1-5-19-13-8-7-12(9-14(13)20-6-2)17-15(18)16-10-11(3)4/h7-9,11H,5-6,10H2,1-4H3,(H2,16,17,18). The number of amides is 2. The Hall–Kier alpha value is -1.91. The third kappa shape index (κ3) is 5.38. The molecule has 0 fully saturated rings. The molecule has 0 saturated carbocycles. The lowest BCUT2D eigenvalue weighted by atomic mass is 10.2. The minimum absolute atomic E-state index is 0.217. The zero-order chi connectivity index (χ0) is 15.0. The van der Waals surface area contributed by atoms with Gasteiger partial charge in [0.25, 0.3) is 0 Å². The maximum atomic E-state index is 11.7. The summed E-state index contributed by atoms with van der Waals surface area (Å²) < 4.78 is 11.0. The van der Waals surface area contributed by atoms with Crippen LogP contribution in [0.1, 0.15) is 27.7 Å². The summed E-state index contributed by atoms with van der Waals surface area (Å²) in [4.78, 5) is 11.7. The van der Waals surface area contributed by atoms with Gasteiger partial charge in [-0.25, -0.2) is 4.79 Å². The molecule has 0 aromatic heterocycles. The van der Waals surface area contributed by atoms with Crippen molar-refractivity contribution in [3.05, 3.63) is 18.2 Å². The van der Waals surface area contributed by atoms with E-state index in [1.54, 1.807) is 18.2 Å². The van der Waals surface area contributed by atoms with Crippen molar-refractivity contribution in [1.29, 1.82) is 0 Å². The maximum absolute atomic E-state index is 11.7. The Morgan fingerprint density at radius 1 is 1.15 bits per heavy atom. The van der Waals surface area contributed by atoms with E-state index >= 15 is 0 Å². The van der Waals surface area contributed by atoms with Crippen LogP contribution in [0.4, 0.5) is 10.5 Å². The number of nitrogens with one attached hydrogen (secondary N) is 2. The zero-order valence-electron chi connectivity index (χ0n) is 12.7. The van der Waals surface area contributed by atoms with Gasteiger partial charge >= 0.3 is 6.03 Å². The smallest absolute Gasteiger partial charge is 0.319 e. The fourth-order valence-corrected chi connectivity index (χ4v) is 1.60. The summed E-state index contributed by atoms with van der Waals surface area (Å²) in [6, 6.07) is 5.14. The highest BCUT2D eigenvalue weighted by atomic mass is 16.5. The quantitative estimate of drug-likeness (QED) is 0.806. The summed E-state index contributed by atoms with van der Waals surface area (Å²) in [5.41, 5.74) is 0.679. The molecule has 112 valence electrons. The van der Waals surface area contributed by atoms with E-state index in [1.165, 1.54) is 0 Å². The minimum Gasteiger partial charge on any atom is -0.490 e. The van der Waals surface area contributed by atoms with Crippen LogP contribution in [0.5, 0.6) is 11.5 Å². The van der Waals surface area contributed by atoms with Crippen LogP contribution in [0.2, 0.25) is 0 Å². The summed E-state index contributed by atoms with van der Waals surface area (Å²) in [7, 11) is 0. The van der Waals surface area contributed by atoms with Crippen LogP contribution in [0.15, 0.2) is 18.2 Å². The Morgan fingerprint density at radius 3 is 2.40 bits per heavy atom. The summed E-state index contributed by atoms with van der Waals surface area (Å²) >= 11 is 0. The SMILES string of the molecule is CCOc1ccc(NC(=O)NCC(C)C)cc1OCC. The average Bonchev–Trinajstić information content (AvgIpc) is 2.40. The van der Waals surface area contributed by atoms with Crippen LogP contribution in [0.3, 0.4) is 0 Å². The molecule has 0 atom stereocenters. The van der Waals surface area contributed by atoms with Gasteiger partial charge < -0.3 is 20.1 Å². The number of urea groups is 1. The highest BCUT2D eigenvalue weighted by Crippen LogP contribution is 2.30. The highest BCUT2D eigenvalue weighted by molar-refractivity contribution is 5.89. The topological polar surface area (TPSA) is 59.6 Å². The summed E-state index contributed by atoms with van der Waals surface area (Å²) in [5, 5.41) is 5.58. The van der Waals surface area contributed by atoms with Gasteiger partial charge in [0, 0.05) is 18.3 Å². The van der Waals surface area contributed by atoms with Gasteiger partial charge in [0.1, 0.15) is 0 Å². The Balaban J connectivity index is 2.70. The highest BCUT2D eigenvalue weighted by Gasteiger charge is 2.08. The molecular weight excluding hydrogens is 256 g/mol. The molecular formula is C15H24N2O3. The molecule has 0 spiro atoms. The Kier molecular flexibility index (Phi) is 6.70. The summed E-state index contributed by atoms with van der Waals surface area (Å²) in [6.07, 6.45) is 0. The molecule has 0 saturated heterocycles. The van der Waals surface area contributed by atoms with Crippen molar-refractivity contribution in [3.63, 3.8) is 0 Å². The molecule has 5 heteroatoms. The molecule has 1 rings (SSSR count). The van der Waals surface area contributed by atoms with Crippen molar-refractivity contribution in [2.75, 3.05) is 25.1 Å². The number of anilines is 1. The number of ether oxygens (including phenoxy) is 2. The van der Waals surface area contributed by atoms with E-state index in [4.69, 9.17) is 9.47 Å². The van der Waals surface area contributed by atoms with Crippen LogP contribution < -0.4 is 20.1 Å². The Bertz CT molecular complexity index is 433. The van der Waals surface area contributed by atoms with Crippen molar-refractivity contribution >= 4 is 11.7 Å². The molecule has 1 aromatic carbocycles. The van der Waals surface area contributed by atoms with Gasteiger partial charge in [-0.3, -0.25) is 0 Å². The first kappa shape index (κ1) is 16.1. The largest absolute Gasteiger partial charge is 0.490 e. The summed E-state index contributed by atoms with van der Waals surface area (Å²) in [6.45, 7) is 9.67. The van der Waals surface area contributed by atoms with E-state index in [9.17, 15) is 4.79 Å². The number of hydrogen-bond donors (Lipinski definition) is 2. The molecule has 0 aliphatic heterocycles. The minimum atomic E-state index is -0.217. The number of carbonyl (C=O) groups is 1. The van der Waals surface area contributed by atoms with Crippen LogP contribution in [-0.2, 0) is 0 Å². The molecule has 20 heavy (non-hydrogen) atoms. The zero-order valence-corrected chi connectivity index (χ0v) is 12.7. The third-order valence-corrected chi connectivity index (χ3v) is 2.47. The van der Waals surface area contributed by atoms with Gasteiger partial charge in [0.05, 0.1) is 13.2 Å². The lowest BCUT2D eigenvalue weighted by Gasteiger charge is -2.13. The van der Waals surface area contributed by atoms with Gasteiger partial charge in [-0.2, -0.15) is 0 Å². The van der Waals surface area contributed by atoms with Crippen molar-refractivity contribution in [3.8, 4) is 11.5 Å². The molecule has 0 unspecified atom stereocenters. The molecule has 0 heterocycles. The first-order chi connectivity index (χ1) is 9.56. The van der Waals surface area contributed by atoms with Gasteiger partial charge in [-0.15, -0.1) is 0 Å². The number of benzene rings is 1. The maximum Gasteiger partial charge on any atom is 0.319 e. The number of hydrogen-bond acceptors (Lipinski definition) is 3. The summed E-state index contributed by atoms with van der Waals surface area (Å²) in [5.74, 6) is 1.73. The average molecular weight is 280 g/mol. The van der Waals surface area contributed by atoms with E-state index in [1.807, 2.05) is 27.7 Å². The second-order valence-corrected chi connectivity index (χ2v) is 4.76. The molecule has 0 radical (unpaired) electrons. The lowest BCUT2D eigenvalue weighted by molar-refractivity contribution is 0.251. The molecule has 0 bridgehead atoms. The number of carbonyl (C=O) groups excluding carboxylic acids is 1. The predicted molar refractivity (Wildman–Crippen MR) is 80.6 cm³/mol. The van der Waals surface area contributed by atoms with Crippen LogP contribution in [0, 0.1) is 5.92 Å². The van der Waals surface area contributed by atoms with Crippen LogP contribution >= 0.6 is 0 Å². The van der Waals surface area contributed by atoms with Crippen molar-refractivity contribution in [2.45, 2.75) is 27.7 Å². The van der Waals surface area contributed by atoms with E-state index in [0.29, 0.717) is 42.9 Å². The van der Waals surface area contributed by atoms with Gasteiger partial charge in [-0.05, 0) is 31.9 Å². The van der Waals surface area contributed by atoms with Crippen molar-refractivity contribution in [2.24, 2.45) is 5.92 Å². The fourth-order valence-electron chi connectivity index (χ4n) is 1.60. The third-order valence-electron chi connectivity index (χ3n) is 2.47. The molecule has 2 amide bonds. The van der Waals surface area contributed by atoms with Gasteiger partial charge in [-0.1, -0.05) is 13.8 Å². The molecule has 1 aromatic rings. The monoisotopic (exact) mass is 280 g/mol. The molecule has 0 aliphatic rings. The van der Waals surface area contributed by atoms with Crippen LogP contribution in [0.25, 0.3) is 0 Å². The normalized spacial score (nSPS) is 10.2. The predicted octanol–water partition coefficient (Wildman–Crippen LogP) is 3.26. The Morgan fingerprint density at radius 2 is 1.80 bits per heavy atom. The van der Waals surface area contributed by atoms with E-state index in [-0.39, 0.29) is 6.03 Å². The fraction of sp³-hybridized carbons (Fsp3) is 0.533. The van der Waals surface area contributed by atoms with Gasteiger partial charge in [0.2, 0.25) is 0 Å². The molecule has 2 N–H and O–H groups in total. The van der Waals surface area contributed by atoms with Crippen LogP contribution in [-0.4, -0.2) is 25.8 Å². The van der Waals surface area contributed by atoms with E-state index in [0.717, 1.165) is 0 Å². The van der Waals surface area contributed by atoms with Crippen molar-refractivity contribution in [1.82, 2.24) is 5.32 Å². The van der Waals surface area contributed by atoms with E-state index < -0.39 is 0 Å².